The van der Waals surface area contributed by atoms with Gasteiger partial charge < -0.3 is 15.4 Å². The third kappa shape index (κ3) is 5.40. The lowest BCUT2D eigenvalue weighted by Gasteiger charge is -2.17. The van der Waals surface area contributed by atoms with Crippen LogP contribution in [0.4, 0.5) is 36.3 Å². The lowest BCUT2D eigenvalue weighted by Crippen LogP contribution is -2.13. The Kier molecular flexibility index (Phi) is 6.44. The van der Waals surface area contributed by atoms with Gasteiger partial charge in [-0.15, -0.1) is 0 Å². The van der Waals surface area contributed by atoms with E-state index < -0.39 is 11.7 Å². The number of aromatic nitrogens is 2. The van der Waals surface area contributed by atoms with Gasteiger partial charge in [-0.25, -0.2) is 4.98 Å². The minimum Gasteiger partial charge on any atom is -0.491 e. The van der Waals surface area contributed by atoms with Crippen LogP contribution >= 0.6 is 0 Å². The van der Waals surface area contributed by atoms with Crippen molar-refractivity contribution in [1.82, 2.24) is 9.97 Å². The van der Waals surface area contributed by atoms with Gasteiger partial charge in [-0.1, -0.05) is 31.2 Å². The Morgan fingerprint density at radius 3 is 2.53 bits per heavy atom. The number of alkyl halides is 3. The lowest BCUT2D eigenvalue weighted by atomic mass is 10.2. The van der Waals surface area contributed by atoms with E-state index in [0.717, 1.165) is 18.2 Å². The van der Waals surface area contributed by atoms with Gasteiger partial charge in [0.2, 0.25) is 5.95 Å². The molecule has 0 bridgehead atoms. The van der Waals surface area contributed by atoms with Crippen LogP contribution in [0.15, 0.2) is 54.7 Å². The highest BCUT2D eigenvalue weighted by atomic mass is 19.4. The molecular formula is C22H23F3N4O. The van der Waals surface area contributed by atoms with Crippen molar-refractivity contribution in [2.75, 3.05) is 10.6 Å². The van der Waals surface area contributed by atoms with Crippen LogP contribution in [0.3, 0.4) is 0 Å². The Hall–Kier alpha value is -3.29. The van der Waals surface area contributed by atoms with Crippen LogP contribution < -0.4 is 15.4 Å². The third-order valence-electron chi connectivity index (χ3n) is 4.49. The van der Waals surface area contributed by atoms with Crippen LogP contribution in [0.1, 0.15) is 31.4 Å². The maximum absolute atomic E-state index is 13.5. The minimum absolute atomic E-state index is 0.00467. The van der Waals surface area contributed by atoms with Crippen molar-refractivity contribution in [2.24, 2.45) is 0 Å². The standard InChI is InChI=1S/C22H23F3N4O/c1-4-15(3)30-17-10-7-9-16(12-17)27-20-18(22(23,24)25)13-26-21(29-20)28-19-11-6-5-8-14(19)2/h5-13,15H,4H2,1-3H3,(H2,26,27,28,29). The minimum atomic E-state index is -4.60. The number of anilines is 4. The van der Waals surface area contributed by atoms with Gasteiger partial charge in [0.05, 0.1) is 6.10 Å². The molecule has 2 aromatic carbocycles. The van der Waals surface area contributed by atoms with Crippen molar-refractivity contribution in [3.63, 3.8) is 0 Å². The largest absolute Gasteiger partial charge is 0.491 e. The van der Waals surface area contributed by atoms with Gasteiger partial charge in [0.25, 0.3) is 0 Å². The molecule has 2 N–H and O–H groups in total. The van der Waals surface area contributed by atoms with Gasteiger partial charge in [0.15, 0.2) is 0 Å². The molecule has 0 spiro atoms. The molecule has 0 aliphatic carbocycles. The number of nitrogens with one attached hydrogen (secondary N) is 2. The normalized spacial score (nSPS) is 12.3. The number of hydrogen-bond acceptors (Lipinski definition) is 5. The second kappa shape index (κ2) is 9.02. The topological polar surface area (TPSA) is 59.1 Å². The van der Waals surface area contributed by atoms with Crippen molar-refractivity contribution in [1.29, 1.82) is 0 Å². The van der Waals surface area contributed by atoms with Crippen LogP contribution in [-0.2, 0) is 6.18 Å². The fraction of sp³-hybridized carbons (Fsp3) is 0.273. The van der Waals surface area contributed by atoms with Gasteiger partial charge in [-0.3, -0.25) is 0 Å². The smallest absolute Gasteiger partial charge is 0.421 e. The molecule has 0 amide bonds. The molecule has 30 heavy (non-hydrogen) atoms. The first-order valence-corrected chi connectivity index (χ1v) is 9.57. The molecule has 8 heteroatoms. The fourth-order valence-electron chi connectivity index (χ4n) is 2.68. The van der Waals surface area contributed by atoms with E-state index in [1.165, 1.54) is 0 Å². The number of para-hydroxylation sites is 1. The molecule has 0 aliphatic heterocycles. The maximum atomic E-state index is 13.5. The van der Waals surface area contributed by atoms with E-state index in [2.05, 4.69) is 20.6 Å². The predicted octanol–water partition coefficient (Wildman–Crippen LogP) is 6.47. The number of ether oxygens (including phenoxy) is 1. The maximum Gasteiger partial charge on any atom is 0.421 e. The number of hydrogen-bond donors (Lipinski definition) is 2. The summed E-state index contributed by atoms with van der Waals surface area (Å²) in [7, 11) is 0. The first kappa shape index (κ1) is 21.4. The first-order valence-electron chi connectivity index (χ1n) is 9.57. The van der Waals surface area contributed by atoms with E-state index in [1.807, 2.05) is 39.0 Å². The molecule has 3 aromatic rings. The highest BCUT2D eigenvalue weighted by Gasteiger charge is 2.35. The molecule has 1 aromatic heterocycles. The monoisotopic (exact) mass is 416 g/mol. The molecule has 0 fully saturated rings. The van der Waals surface area contributed by atoms with E-state index in [9.17, 15) is 13.2 Å². The van der Waals surface area contributed by atoms with E-state index >= 15 is 0 Å². The average Bonchev–Trinajstić information content (AvgIpc) is 2.69. The predicted molar refractivity (Wildman–Crippen MR) is 112 cm³/mol. The Balaban J connectivity index is 1.92. The van der Waals surface area contributed by atoms with Crippen LogP contribution in [0, 0.1) is 6.92 Å². The summed E-state index contributed by atoms with van der Waals surface area (Å²) in [6.07, 6.45) is -3.02. The molecule has 3 rings (SSSR count). The highest BCUT2D eigenvalue weighted by Crippen LogP contribution is 2.36. The Labute approximate surface area is 173 Å². The van der Waals surface area contributed by atoms with Crippen LogP contribution in [0.25, 0.3) is 0 Å². The number of rotatable bonds is 7. The summed E-state index contributed by atoms with van der Waals surface area (Å²) in [5.41, 5.74) is 1.12. The third-order valence-corrected chi connectivity index (χ3v) is 4.49. The molecule has 0 radical (unpaired) electrons. The van der Waals surface area contributed by atoms with E-state index in [-0.39, 0.29) is 17.9 Å². The second-order valence-corrected chi connectivity index (χ2v) is 6.88. The molecule has 0 saturated heterocycles. The summed E-state index contributed by atoms with van der Waals surface area (Å²) in [6.45, 7) is 5.80. The molecule has 5 nitrogen and oxygen atoms in total. The fourth-order valence-corrected chi connectivity index (χ4v) is 2.68. The summed E-state index contributed by atoms with van der Waals surface area (Å²) in [4.78, 5) is 7.93. The zero-order valence-corrected chi connectivity index (χ0v) is 16.9. The van der Waals surface area contributed by atoms with E-state index in [1.54, 1.807) is 30.3 Å². The first-order chi connectivity index (χ1) is 14.3. The summed E-state index contributed by atoms with van der Waals surface area (Å²) >= 11 is 0. The van der Waals surface area contributed by atoms with Crippen molar-refractivity contribution in [3.05, 3.63) is 65.9 Å². The molecule has 1 atom stereocenters. The SMILES string of the molecule is CCC(C)Oc1cccc(Nc2nc(Nc3ccccc3C)ncc2C(F)(F)F)c1. The highest BCUT2D eigenvalue weighted by molar-refractivity contribution is 5.64. The van der Waals surface area contributed by atoms with Gasteiger partial charge in [0.1, 0.15) is 17.1 Å². The summed E-state index contributed by atoms with van der Waals surface area (Å²) < 4.78 is 46.3. The van der Waals surface area contributed by atoms with Crippen molar-refractivity contribution < 1.29 is 17.9 Å². The molecule has 0 aliphatic rings. The van der Waals surface area contributed by atoms with Crippen LogP contribution in [0.2, 0.25) is 0 Å². The van der Waals surface area contributed by atoms with Gasteiger partial charge in [-0.05, 0) is 44.0 Å². The number of nitrogens with zero attached hydrogens (tertiary/aromatic N) is 2. The zero-order chi connectivity index (χ0) is 21.7. The molecule has 0 saturated carbocycles. The summed E-state index contributed by atoms with van der Waals surface area (Å²) in [6, 6.07) is 14.1. The number of benzene rings is 2. The molecule has 1 heterocycles. The quantitative estimate of drug-likeness (QED) is 0.462. The molecule has 158 valence electrons. The van der Waals surface area contributed by atoms with Gasteiger partial charge in [-0.2, -0.15) is 18.2 Å². The zero-order valence-electron chi connectivity index (χ0n) is 16.9. The summed E-state index contributed by atoms with van der Waals surface area (Å²) in [5, 5.41) is 5.73. The Bertz CT molecular complexity index is 1010. The Morgan fingerprint density at radius 2 is 1.83 bits per heavy atom. The lowest BCUT2D eigenvalue weighted by molar-refractivity contribution is -0.137. The van der Waals surface area contributed by atoms with Gasteiger partial charge in [0, 0.05) is 23.6 Å². The Morgan fingerprint density at radius 1 is 1.07 bits per heavy atom. The second-order valence-electron chi connectivity index (χ2n) is 6.88. The van der Waals surface area contributed by atoms with E-state index in [4.69, 9.17) is 4.74 Å². The number of aryl methyl sites for hydroxylation is 1. The van der Waals surface area contributed by atoms with Crippen molar-refractivity contribution >= 4 is 23.1 Å². The van der Waals surface area contributed by atoms with E-state index in [0.29, 0.717) is 17.1 Å². The van der Waals surface area contributed by atoms with Crippen LogP contribution in [-0.4, -0.2) is 16.1 Å². The van der Waals surface area contributed by atoms with Gasteiger partial charge >= 0.3 is 6.18 Å². The van der Waals surface area contributed by atoms with Crippen molar-refractivity contribution in [2.45, 2.75) is 39.5 Å². The number of halogens is 3. The van der Waals surface area contributed by atoms with Crippen molar-refractivity contribution in [3.8, 4) is 5.75 Å². The molecule has 1 unspecified atom stereocenters. The molecular weight excluding hydrogens is 393 g/mol. The summed E-state index contributed by atoms with van der Waals surface area (Å²) in [5.74, 6) is 0.288. The van der Waals surface area contributed by atoms with Crippen LogP contribution in [0.5, 0.6) is 5.75 Å². The average molecular weight is 416 g/mol.